The Morgan fingerprint density at radius 1 is 1.19 bits per heavy atom. The fourth-order valence-electron chi connectivity index (χ4n) is 2.52. The highest BCUT2D eigenvalue weighted by atomic mass is 15.3. The molecular formula is C17H22N4. The smallest absolute Gasteiger partial charge is 0.161 e. The minimum absolute atomic E-state index is 0.582. The third-order valence-corrected chi connectivity index (χ3v) is 3.75. The lowest BCUT2D eigenvalue weighted by Crippen LogP contribution is -2.10. The fourth-order valence-corrected chi connectivity index (χ4v) is 2.52. The summed E-state index contributed by atoms with van der Waals surface area (Å²) in [7, 11) is 0. The Morgan fingerprint density at radius 2 is 1.90 bits per heavy atom. The lowest BCUT2D eigenvalue weighted by molar-refractivity contribution is 0.647. The van der Waals surface area contributed by atoms with Crippen molar-refractivity contribution in [1.29, 1.82) is 0 Å². The molecule has 0 bridgehead atoms. The molecule has 3 N–H and O–H groups in total. The number of nitrogens with zero attached hydrogens (tertiary/aromatic N) is 2. The van der Waals surface area contributed by atoms with Crippen molar-refractivity contribution in [3.63, 3.8) is 0 Å². The normalized spacial score (nSPS) is 14.5. The van der Waals surface area contributed by atoms with E-state index < -0.39 is 0 Å². The largest absolute Gasteiger partial charge is 0.308 e. The molecule has 1 aliphatic rings. The van der Waals surface area contributed by atoms with Gasteiger partial charge in [0.1, 0.15) is 5.82 Å². The zero-order chi connectivity index (χ0) is 14.8. The topological polar surface area (TPSA) is 63.8 Å². The monoisotopic (exact) mass is 282 g/mol. The number of anilines is 1. The molecule has 0 aliphatic heterocycles. The quantitative estimate of drug-likeness (QED) is 0.650. The van der Waals surface area contributed by atoms with Crippen LogP contribution in [0.25, 0.3) is 11.4 Å². The molecule has 3 rings (SSSR count). The molecule has 110 valence electrons. The number of hydrazine groups is 1. The molecule has 0 atom stereocenters. The predicted molar refractivity (Wildman–Crippen MR) is 85.8 cm³/mol. The van der Waals surface area contributed by atoms with Gasteiger partial charge in [0.25, 0.3) is 0 Å². The zero-order valence-electron chi connectivity index (χ0n) is 12.6. The maximum atomic E-state index is 5.52. The molecule has 1 aliphatic carbocycles. The van der Waals surface area contributed by atoms with Crippen LogP contribution in [0.3, 0.4) is 0 Å². The van der Waals surface area contributed by atoms with Crippen molar-refractivity contribution in [3.8, 4) is 11.4 Å². The van der Waals surface area contributed by atoms with Crippen LogP contribution in [-0.2, 0) is 6.42 Å². The third-order valence-electron chi connectivity index (χ3n) is 3.75. The first-order valence-electron chi connectivity index (χ1n) is 7.60. The van der Waals surface area contributed by atoms with Crippen molar-refractivity contribution in [2.45, 2.75) is 39.0 Å². The number of nitrogens with two attached hydrogens (primary N) is 1. The van der Waals surface area contributed by atoms with Crippen LogP contribution in [0.2, 0.25) is 0 Å². The molecule has 1 heterocycles. The summed E-state index contributed by atoms with van der Waals surface area (Å²) in [6, 6.07) is 10.5. The number of hydrogen-bond acceptors (Lipinski definition) is 4. The average Bonchev–Trinajstić information content (AvgIpc) is 3.31. The summed E-state index contributed by atoms with van der Waals surface area (Å²) in [6.45, 7) is 4.46. The number of nitrogens with one attached hydrogen (secondary N) is 1. The van der Waals surface area contributed by atoms with Crippen molar-refractivity contribution in [3.05, 3.63) is 41.6 Å². The zero-order valence-corrected chi connectivity index (χ0v) is 12.6. The van der Waals surface area contributed by atoms with Crippen LogP contribution in [0.15, 0.2) is 30.3 Å². The number of nitrogen functional groups attached to an aromatic ring is 1. The lowest BCUT2D eigenvalue weighted by atomic mass is 10.0. The second kappa shape index (κ2) is 5.82. The van der Waals surface area contributed by atoms with Gasteiger partial charge in [0.2, 0.25) is 0 Å². The Labute approximate surface area is 125 Å². The first kappa shape index (κ1) is 14.0. The van der Waals surface area contributed by atoms with Gasteiger partial charge in [-0.15, -0.1) is 0 Å². The summed E-state index contributed by atoms with van der Waals surface area (Å²) in [5, 5.41) is 0. The van der Waals surface area contributed by atoms with E-state index >= 15 is 0 Å². The maximum absolute atomic E-state index is 5.52. The van der Waals surface area contributed by atoms with Gasteiger partial charge in [-0.1, -0.05) is 38.1 Å². The van der Waals surface area contributed by atoms with Crippen LogP contribution < -0.4 is 11.3 Å². The van der Waals surface area contributed by atoms with Crippen LogP contribution in [0, 0.1) is 5.92 Å². The highest BCUT2D eigenvalue weighted by molar-refractivity contribution is 5.58. The van der Waals surface area contributed by atoms with E-state index in [1.54, 1.807) is 0 Å². The molecule has 2 aromatic rings. The highest BCUT2D eigenvalue weighted by Crippen LogP contribution is 2.40. The van der Waals surface area contributed by atoms with Crippen molar-refractivity contribution in [2.75, 3.05) is 5.43 Å². The standard InChI is InChI=1S/C17H22N4/c1-11(2)9-12-3-5-14(6-4-12)17-19-15(13-7-8-13)10-16(20-17)21-18/h3-6,10-11,13H,7-9,18H2,1-2H3,(H,19,20,21). The van der Waals surface area contributed by atoms with E-state index in [9.17, 15) is 0 Å². The molecule has 21 heavy (non-hydrogen) atoms. The molecule has 1 aromatic carbocycles. The van der Waals surface area contributed by atoms with Crippen molar-refractivity contribution in [2.24, 2.45) is 11.8 Å². The van der Waals surface area contributed by atoms with Gasteiger partial charge in [-0.25, -0.2) is 15.8 Å². The van der Waals surface area contributed by atoms with E-state index in [1.807, 2.05) is 6.07 Å². The SMILES string of the molecule is CC(C)Cc1ccc(-c2nc(NN)cc(C3CC3)n2)cc1. The molecule has 1 fully saturated rings. The fraction of sp³-hybridized carbons (Fsp3) is 0.412. The minimum atomic E-state index is 0.582. The molecule has 1 saturated carbocycles. The Kier molecular flexibility index (Phi) is 3.88. The van der Waals surface area contributed by atoms with E-state index in [0.717, 1.165) is 23.5 Å². The van der Waals surface area contributed by atoms with Gasteiger partial charge in [0.15, 0.2) is 5.82 Å². The first-order valence-corrected chi connectivity index (χ1v) is 7.60. The number of hydrogen-bond donors (Lipinski definition) is 2. The van der Waals surface area contributed by atoms with Crippen molar-refractivity contribution < 1.29 is 0 Å². The second-order valence-electron chi connectivity index (χ2n) is 6.22. The molecule has 4 nitrogen and oxygen atoms in total. The van der Waals surface area contributed by atoms with Crippen LogP contribution in [0.4, 0.5) is 5.82 Å². The second-order valence-corrected chi connectivity index (χ2v) is 6.22. The Bertz CT molecular complexity index is 615. The summed E-state index contributed by atoms with van der Waals surface area (Å²) >= 11 is 0. The van der Waals surface area contributed by atoms with Gasteiger partial charge in [0.05, 0.1) is 0 Å². The maximum Gasteiger partial charge on any atom is 0.161 e. The Hall–Kier alpha value is -1.94. The minimum Gasteiger partial charge on any atom is -0.308 e. The molecule has 0 amide bonds. The van der Waals surface area contributed by atoms with Gasteiger partial charge in [-0.2, -0.15) is 0 Å². The molecule has 0 radical (unpaired) electrons. The van der Waals surface area contributed by atoms with E-state index in [1.165, 1.54) is 18.4 Å². The van der Waals surface area contributed by atoms with E-state index in [0.29, 0.717) is 17.7 Å². The Morgan fingerprint density at radius 3 is 2.48 bits per heavy atom. The van der Waals surface area contributed by atoms with Crippen LogP contribution in [0.5, 0.6) is 0 Å². The first-order chi connectivity index (χ1) is 10.2. The lowest BCUT2D eigenvalue weighted by Gasteiger charge is -2.09. The summed E-state index contributed by atoms with van der Waals surface area (Å²) < 4.78 is 0. The van der Waals surface area contributed by atoms with Gasteiger partial charge >= 0.3 is 0 Å². The molecular weight excluding hydrogens is 260 g/mol. The van der Waals surface area contributed by atoms with E-state index in [4.69, 9.17) is 10.8 Å². The molecule has 0 unspecified atom stereocenters. The van der Waals surface area contributed by atoms with Crippen molar-refractivity contribution >= 4 is 5.82 Å². The van der Waals surface area contributed by atoms with E-state index in [-0.39, 0.29) is 0 Å². The summed E-state index contributed by atoms with van der Waals surface area (Å²) in [5.41, 5.74) is 6.14. The number of aromatic nitrogens is 2. The Balaban J connectivity index is 1.90. The van der Waals surface area contributed by atoms with E-state index in [2.05, 4.69) is 48.5 Å². The van der Waals surface area contributed by atoms with Crippen molar-refractivity contribution in [1.82, 2.24) is 9.97 Å². The molecule has 0 spiro atoms. The number of rotatable bonds is 5. The summed E-state index contributed by atoms with van der Waals surface area (Å²) in [6.07, 6.45) is 3.53. The summed E-state index contributed by atoms with van der Waals surface area (Å²) in [4.78, 5) is 9.17. The average molecular weight is 282 g/mol. The van der Waals surface area contributed by atoms with Gasteiger partial charge < -0.3 is 5.43 Å². The highest BCUT2D eigenvalue weighted by Gasteiger charge is 2.26. The number of benzene rings is 1. The van der Waals surface area contributed by atoms with Crippen LogP contribution in [-0.4, -0.2) is 9.97 Å². The summed E-state index contributed by atoms with van der Waals surface area (Å²) in [5.74, 6) is 8.21. The third kappa shape index (κ3) is 3.39. The van der Waals surface area contributed by atoms with Gasteiger partial charge in [-0.05, 0) is 30.7 Å². The predicted octanol–water partition coefficient (Wildman–Crippen LogP) is 3.51. The van der Waals surface area contributed by atoms with Gasteiger partial charge in [-0.3, -0.25) is 0 Å². The molecule has 1 aromatic heterocycles. The van der Waals surface area contributed by atoms with Gasteiger partial charge in [0, 0.05) is 23.2 Å². The molecule has 0 saturated heterocycles. The molecule has 4 heteroatoms. The van der Waals surface area contributed by atoms with Crippen LogP contribution in [0.1, 0.15) is 43.9 Å². The van der Waals surface area contributed by atoms with Crippen LogP contribution >= 0.6 is 0 Å².